The van der Waals surface area contributed by atoms with Gasteiger partial charge in [0, 0.05) is 19.5 Å². The number of aromatic hydroxyl groups is 1. The highest BCUT2D eigenvalue weighted by Crippen LogP contribution is 2.28. The van der Waals surface area contributed by atoms with Crippen LogP contribution in [-0.4, -0.2) is 49.9 Å². The molecule has 160 valence electrons. The van der Waals surface area contributed by atoms with Gasteiger partial charge in [-0.3, -0.25) is 4.79 Å². The summed E-state index contributed by atoms with van der Waals surface area (Å²) in [7, 11) is -2.25. The van der Waals surface area contributed by atoms with Crippen molar-refractivity contribution in [3.8, 4) is 5.75 Å². The molecule has 2 N–H and O–H groups in total. The molecule has 0 bridgehead atoms. The molecule has 9 heteroatoms. The average molecular weight is 432 g/mol. The lowest BCUT2D eigenvalue weighted by atomic mass is 10.1. The van der Waals surface area contributed by atoms with E-state index in [2.05, 4.69) is 10.1 Å². The number of rotatable bonds is 7. The third kappa shape index (κ3) is 4.80. The van der Waals surface area contributed by atoms with E-state index in [0.717, 1.165) is 18.4 Å². The van der Waals surface area contributed by atoms with E-state index < -0.39 is 16.0 Å². The van der Waals surface area contributed by atoms with Crippen LogP contribution < -0.4 is 5.32 Å². The largest absolute Gasteiger partial charge is 0.505 e. The summed E-state index contributed by atoms with van der Waals surface area (Å²) in [6.07, 6.45) is 2.28. The fourth-order valence-corrected chi connectivity index (χ4v) is 4.81. The van der Waals surface area contributed by atoms with Crippen LogP contribution in [0, 0.1) is 0 Å². The molecular weight excluding hydrogens is 408 g/mol. The first-order valence-electron chi connectivity index (χ1n) is 9.62. The van der Waals surface area contributed by atoms with E-state index in [1.807, 2.05) is 0 Å². The first kappa shape index (κ1) is 21.8. The Labute approximate surface area is 175 Å². The Hall–Kier alpha value is -2.91. The van der Waals surface area contributed by atoms with Crippen LogP contribution in [0.5, 0.6) is 5.75 Å². The molecule has 1 fully saturated rings. The molecule has 30 heavy (non-hydrogen) atoms. The summed E-state index contributed by atoms with van der Waals surface area (Å²) in [5, 5.41) is 12.7. The number of nitrogens with zero attached hydrogens (tertiary/aromatic N) is 1. The van der Waals surface area contributed by atoms with Gasteiger partial charge in [-0.15, -0.1) is 0 Å². The number of phenolic OH excluding ortho intramolecular Hbond substituents is 1. The second-order valence-corrected chi connectivity index (χ2v) is 8.93. The number of ether oxygens (including phenoxy) is 1. The molecule has 0 spiro atoms. The van der Waals surface area contributed by atoms with E-state index >= 15 is 0 Å². The number of phenols is 1. The molecule has 0 aromatic heterocycles. The average Bonchev–Trinajstić information content (AvgIpc) is 3.29. The van der Waals surface area contributed by atoms with Crippen LogP contribution >= 0.6 is 0 Å². The summed E-state index contributed by atoms with van der Waals surface area (Å²) < 4.78 is 31.2. The molecule has 0 unspecified atom stereocenters. The Balaban J connectivity index is 1.60. The Morgan fingerprint density at radius 1 is 1.10 bits per heavy atom. The molecule has 2 aromatic carbocycles. The predicted octanol–water partition coefficient (Wildman–Crippen LogP) is 2.53. The zero-order valence-corrected chi connectivity index (χ0v) is 17.4. The minimum absolute atomic E-state index is 0.0369. The monoisotopic (exact) mass is 432 g/mol. The quantitative estimate of drug-likeness (QED) is 0.514. The summed E-state index contributed by atoms with van der Waals surface area (Å²) in [6.45, 7) is 1.10. The van der Waals surface area contributed by atoms with Crippen molar-refractivity contribution in [3.63, 3.8) is 0 Å². The highest BCUT2D eigenvalue weighted by molar-refractivity contribution is 7.89. The summed E-state index contributed by atoms with van der Waals surface area (Å²) >= 11 is 0. The van der Waals surface area contributed by atoms with Crippen LogP contribution in [-0.2, 0) is 26.0 Å². The predicted molar refractivity (Wildman–Crippen MR) is 111 cm³/mol. The number of esters is 1. The number of benzene rings is 2. The SMILES string of the molecule is COC(=O)c1cccc(NC(=O)CCc2ccc(S(=O)(=O)N3CCCC3)cc2)c1O. The van der Waals surface area contributed by atoms with Crippen LogP contribution in [0.1, 0.15) is 35.2 Å². The third-order valence-corrected chi connectivity index (χ3v) is 6.90. The van der Waals surface area contributed by atoms with Gasteiger partial charge in [0.05, 0.1) is 17.7 Å². The van der Waals surface area contributed by atoms with Crippen LogP contribution in [0.3, 0.4) is 0 Å². The number of sulfonamides is 1. The van der Waals surface area contributed by atoms with Gasteiger partial charge in [0.25, 0.3) is 0 Å². The zero-order chi connectivity index (χ0) is 21.7. The van der Waals surface area contributed by atoms with Crippen molar-refractivity contribution in [1.29, 1.82) is 0 Å². The van der Waals surface area contributed by atoms with Crippen molar-refractivity contribution in [3.05, 3.63) is 53.6 Å². The number of amides is 1. The lowest BCUT2D eigenvalue weighted by Crippen LogP contribution is -2.27. The van der Waals surface area contributed by atoms with Crippen LogP contribution in [0.25, 0.3) is 0 Å². The molecule has 1 heterocycles. The number of methoxy groups -OCH3 is 1. The maximum Gasteiger partial charge on any atom is 0.341 e. The Bertz CT molecular complexity index is 1030. The number of para-hydroxylation sites is 1. The van der Waals surface area contributed by atoms with E-state index in [1.54, 1.807) is 24.3 Å². The molecule has 1 aliphatic heterocycles. The maximum absolute atomic E-state index is 12.5. The minimum atomic E-state index is -3.46. The highest BCUT2D eigenvalue weighted by Gasteiger charge is 2.26. The maximum atomic E-state index is 12.5. The van der Waals surface area contributed by atoms with Crippen molar-refractivity contribution in [2.75, 3.05) is 25.5 Å². The fraction of sp³-hybridized carbons (Fsp3) is 0.333. The highest BCUT2D eigenvalue weighted by atomic mass is 32.2. The Kier molecular flexibility index (Phi) is 6.73. The minimum Gasteiger partial charge on any atom is -0.505 e. The molecule has 2 aromatic rings. The number of carbonyl (C=O) groups is 2. The summed E-state index contributed by atoms with van der Waals surface area (Å²) in [6, 6.07) is 10.9. The van der Waals surface area contributed by atoms with Gasteiger partial charge in [-0.2, -0.15) is 4.31 Å². The van der Waals surface area contributed by atoms with Gasteiger partial charge in [-0.25, -0.2) is 13.2 Å². The molecule has 0 radical (unpaired) electrons. The summed E-state index contributed by atoms with van der Waals surface area (Å²) in [5.41, 5.74) is 0.901. The number of carbonyl (C=O) groups excluding carboxylic acids is 2. The van der Waals surface area contributed by atoms with Gasteiger partial charge in [0.1, 0.15) is 5.56 Å². The van der Waals surface area contributed by atoms with E-state index in [0.29, 0.717) is 19.5 Å². The number of aryl methyl sites for hydroxylation is 1. The number of hydrogen-bond acceptors (Lipinski definition) is 6. The van der Waals surface area contributed by atoms with E-state index in [9.17, 15) is 23.1 Å². The Morgan fingerprint density at radius 2 is 1.77 bits per heavy atom. The second-order valence-electron chi connectivity index (χ2n) is 7.00. The van der Waals surface area contributed by atoms with Gasteiger partial charge >= 0.3 is 5.97 Å². The number of hydrogen-bond donors (Lipinski definition) is 2. The van der Waals surface area contributed by atoms with E-state index in [-0.39, 0.29) is 34.2 Å². The normalized spacial score (nSPS) is 14.4. The summed E-state index contributed by atoms with van der Waals surface area (Å²) in [5.74, 6) is -1.40. The van der Waals surface area contributed by atoms with Gasteiger partial charge in [0.2, 0.25) is 15.9 Å². The Morgan fingerprint density at radius 3 is 2.40 bits per heavy atom. The lowest BCUT2D eigenvalue weighted by molar-refractivity contribution is -0.116. The van der Waals surface area contributed by atoms with Gasteiger partial charge < -0.3 is 15.2 Å². The standard InChI is InChI=1S/C21H24N2O6S/c1-29-21(26)17-5-4-6-18(20(17)25)22-19(24)12-9-15-7-10-16(11-8-15)30(27,28)23-13-2-3-14-23/h4-8,10-11,25H,2-3,9,12-14H2,1H3,(H,22,24). The first-order chi connectivity index (χ1) is 14.3. The topological polar surface area (TPSA) is 113 Å². The smallest absolute Gasteiger partial charge is 0.341 e. The van der Waals surface area contributed by atoms with Crippen molar-refractivity contribution in [2.45, 2.75) is 30.6 Å². The molecule has 0 saturated carbocycles. The van der Waals surface area contributed by atoms with Crippen LogP contribution in [0.15, 0.2) is 47.4 Å². The number of nitrogens with one attached hydrogen (secondary N) is 1. The second kappa shape index (κ2) is 9.27. The van der Waals surface area contributed by atoms with Crippen molar-refractivity contribution in [2.24, 2.45) is 0 Å². The third-order valence-electron chi connectivity index (χ3n) is 4.98. The molecule has 1 amide bonds. The molecule has 1 aliphatic rings. The van der Waals surface area contributed by atoms with E-state index in [4.69, 9.17) is 0 Å². The van der Waals surface area contributed by atoms with E-state index in [1.165, 1.54) is 29.6 Å². The zero-order valence-electron chi connectivity index (χ0n) is 16.6. The summed E-state index contributed by atoms with van der Waals surface area (Å²) in [4.78, 5) is 24.1. The van der Waals surface area contributed by atoms with Crippen molar-refractivity contribution in [1.82, 2.24) is 4.31 Å². The van der Waals surface area contributed by atoms with Gasteiger partial charge in [-0.1, -0.05) is 18.2 Å². The van der Waals surface area contributed by atoms with Crippen LogP contribution in [0.2, 0.25) is 0 Å². The molecule has 3 rings (SSSR count). The first-order valence-corrected chi connectivity index (χ1v) is 11.1. The lowest BCUT2D eigenvalue weighted by Gasteiger charge is -2.15. The van der Waals surface area contributed by atoms with Crippen molar-refractivity contribution >= 4 is 27.6 Å². The fourth-order valence-electron chi connectivity index (χ4n) is 3.30. The molecular formula is C21H24N2O6S. The molecule has 0 atom stereocenters. The number of anilines is 1. The molecule has 1 saturated heterocycles. The van der Waals surface area contributed by atoms with Crippen LogP contribution in [0.4, 0.5) is 5.69 Å². The van der Waals surface area contributed by atoms with Gasteiger partial charge in [0.15, 0.2) is 5.75 Å². The van der Waals surface area contributed by atoms with Crippen molar-refractivity contribution < 1.29 is 27.9 Å². The van der Waals surface area contributed by atoms with Gasteiger partial charge in [-0.05, 0) is 49.1 Å². The molecule has 8 nitrogen and oxygen atoms in total. The molecule has 0 aliphatic carbocycles.